The molecule has 1 fully saturated rings. The molecule has 0 saturated heterocycles. The summed E-state index contributed by atoms with van der Waals surface area (Å²) in [5.74, 6) is 1.39. The van der Waals surface area contributed by atoms with E-state index in [-0.39, 0.29) is 5.97 Å². The van der Waals surface area contributed by atoms with Gasteiger partial charge in [-0.1, -0.05) is 26.2 Å². The molecule has 0 aromatic rings. The van der Waals surface area contributed by atoms with Crippen molar-refractivity contribution in [2.24, 2.45) is 11.8 Å². The molecule has 2 heteroatoms. The van der Waals surface area contributed by atoms with Crippen LogP contribution in [0.25, 0.3) is 0 Å². The van der Waals surface area contributed by atoms with Crippen LogP contribution in [0.15, 0.2) is 0 Å². The zero-order chi connectivity index (χ0) is 9.68. The molecular weight excluding hydrogens is 164 g/mol. The largest absolute Gasteiger partial charge is 0.469 e. The van der Waals surface area contributed by atoms with Gasteiger partial charge < -0.3 is 4.74 Å². The summed E-state index contributed by atoms with van der Waals surface area (Å²) in [7, 11) is 1.47. The first-order valence-electron chi connectivity index (χ1n) is 5.29. The van der Waals surface area contributed by atoms with Gasteiger partial charge >= 0.3 is 5.97 Å². The molecule has 0 bridgehead atoms. The van der Waals surface area contributed by atoms with Gasteiger partial charge in [-0.2, -0.15) is 0 Å². The van der Waals surface area contributed by atoms with Crippen molar-refractivity contribution in [2.45, 2.75) is 45.4 Å². The molecule has 1 saturated carbocycles. The molecule has 0 aliphatic heterocycles. The Morgan fingerprint density at radius 1 is 1.31 bits per heavy atom. The first-order valence-corrected chi connectivity index (χ1v) is 5.29. The summed E-state index contributed by atoms with van der Waals surface area (Å²) in [6, 6.07) is 0. The van der Waals surface area contributed by atoms with Crippen molar-refractivity contribution >= 4 is 5.97 Å². The van der Waals surface area contributed by atoms with Gasteiger partial charge in [0.05, 0.1) is 7.11 Å². The van der Waals surface area contributed by atoms with E-state index < -0.39 is 0 Å². The summed E-state index contributed by atoms with van der Waals surface area (Å²) in [5.41, 5.74) is 0. The van der Waals surface area contributed by atoms with Crippen LogP contribution in [0, 0.1) is 11.8 Å². The third-order valence-corrected chi connectivity index (χ3v) is 3.06. The molecule has 0 amide bonds. The average Bonchev–Trinajstić information content (AvgIpc) is 2.31. The maximum atomic E-state index is 11.1. The van der Waals surface area contributed by atoms with E-state index in [9.17, 15) is 4.79 Å². The van der Waals surface area contributed by atoms with Gasteiger partial charge in [0, 0.05) is 6.42 Å². The fourth-order valence-corrected chi connectivity index (χ4v) is 2.09. The third-order valence-electron chi connectivity index (χ3n) is 3.06. The van der Waals surface area contributed by atoms with Crippen LogP contribution in [0.2, 0.25) is 0 Å². The van der Waals surface area contributed by atoms with Crippen molar-refractivity contribution in [2.75, 3.05) is 7.11 Å². The number of methoxy groups -OCH3 is 1. The SMILES string of the molecule is COC(=O)CC1CCCC(C)CC1. The van der Waals surface area contributed by atoms with Crippen LogP contribution in [-0.4, -0.2) is 13.1 Å². The highest BCUT2D eigenvalue weighted by Gasteiger charge is 2.18. The number of rotatable bonds is 2. The van der Waals surface area contributed by atoms with E-state index in [0.717, 1.165) is 5.92 Å². The van der Waals surface area contributed by atoms with Gasteiger partial charge in [-0.3, -0.25) is 4.79 Å². The van der Waals surface area contributed by atoms with Crippen LogP contribution in [0.1, 0.15) is 45.4 Å². The second-order valence-electron chi connectivity index (χ2n) is 4.26. The lowest BCUT2D eigenvalue weighted by Crippen LogP contribution is -2.09. The molecule has 1 rings (SSSR count). The number of hydrogen-bond acceptors (Lipinski definition) is 2. The van der Waals surface area contributed by atoms with Crippen LogP contribution in [0.3, 0.4) is 0 Å². The molecule has 0 aromatic heterocycles. The molecule has 0 spiro atoms. The Morgan fingerprint density at radius 3 is 2.77 bits per heavy atom. The maximum absolute atomic E-state index is 11.1. The second kappa shape index (κ2) is 5.25. The lowest BCUT2D eigenvalue weighted by molar-refractivity contribution is -0.141. The fourth-order valence-electron chi connectivity index (χ4n) is 2.09. The molecule has 0 aromatic carbocycles. The average molecular weight is 184 g/mol. The molecule has 2 nitrogen and oxygen atoms in total. The van der Waals surface area contributed by atoms with E-state index in [0.29, 0.717) is 12.3 Å². The monoisotopic (exact) mass is 184 g/mol. The highest BCUT2D eigenvalue weighted by Crippen LogP contribution is 2.28. The third kappa shape index (κ3) is 3.79. The van der Waals surface area contributed by atoms with Gasteiger partial charge in [0.2, 0.25) is 0 Å². The normalized spacial score (nSPS) is 29.4. The molecule has 0 radical (unpaired) electrons. The van der Waals surface area contributed by atoms with Crippen molar-refractivity contribution < 1.29 is 9.53 Å². The molecule has 2 atom stereocenters. The van der Waals surface area contributed by atoms with E-state index in [1.54, 1.807) is 0 Å². The van der Waals surface area contributed by atoms with Gasteiger partial charge in [-0.25, -0.2) is 0 Å². The highest BCUT2D eigenvalue weighted by molar-refractivity contribution is 5.69. The highest BCUT2D eigenvalue weighted by atomic mass is 16.5. The van der Waals surface area contributed by atoms with E-state index >= 15 is 0 Å². The Kier molecular flexibility index (Phi) is 4.26. The van der Waals surface area contributed by atoms with Crippen molar-refractivity contribution in [1.82, 2.24) is 0 Å². The number of carbonyl (C=O) groups excluding carboxylic acids is 1. The van der Waals surface area contributed by atoms with Gasteiger partial charge in [-0.15, -0.1) is 0 Å². The molecule has 0 N–H and O–H groups in total. The number of carbonyl (C=O) groups is 1. The minimum Gasteiger partial charge on any atom is -0.469 e. The minimum absolute atomic E-state index is 0.0421. The number of esters is 1. The minimum atomic E-state index is -0.0421. The van der Waals surface area contributed by atoms with Crippen LogP contribution < -0.4 is 0 Å². The van der Waals surface area contributed by atoms with Crippen LogP contribution in [0.5, 0.6) is 0 Å². The van der Waals surface area contributed by atoms with Crippen LogP contribution in [-0.2, 0) is 9.53 Å². The molecule has 13 heavy (non-hydrogen) atoms. The summed E-state index contributed by atoms with van der Waals surface area (Å²) in [6.07, 6.45) is 6.93. The van der Waals surface area contributed by atoms with Crippen molar-refractivity contribution in [3.05, 3.63) is 0 Å². The lowest BCUT2D eigenvalue weighted by atomic mass is 9.96. The first kappa shape index (κ1) is 10.6. The fraction of sp³-hybridized carbons (Fsp3) is 0.909. The summed E-state index contributed by atoms with van der Waals surface area (Å²) in [6.45, 7) is 2.31. The number of ether oxygens (including phenoxy) is 1. The Bertz CT molecular complexity index is 165. The predicted molar refractivity (Wildman–Crippen MR) is 52.4 cm³/mol. The standard InChI is InChI=1S/C11H20O2/c1-9-4-3-5-10(7-6-9)8-11(12)13-2/h9-10H,3-8H2,1-2H3. The molecule has 1 aliphatic rings. The molecule has 0 heterocycles. The predicted octanol–water partition coefficient (Wildman–Crippen LogP) is 2.77. The Balaban J connectivity index is 2.29. The Labute approximate surface area is 80.7 Å². The lowest BCUT2D eigenvalue weighted by Gasteiger charge is -2.11. The molecular formula is C11H20O2. The van der Waals surface area contributed by atoms with Gasteiger partial charge in [-0.05, 0) is 24.7 Å². The summed E-state index contributed by atoms with van der Waals surface area (Å²) in [5, 5.41) is 0. The molecule has 1 aliphatic carbocycles. The van der Waals surface area contributed by atoms with Crippen molar-refractivity contribution in [3.63, 3.8) is 0 Å². The molecule has 2 unspecified atom stereocenters. The maximum Gasteiger partial charge on any atom is 0.305 e. The number of hydrogen-bond donors (Lipinski definition) is 0. The summed E-state index contributed by atoms with van der Waals surface area (Å²) >= 11 is 0. The van der Waals surface area contributed by atoms with E-state index in [4.69, 9.17) is 0 Å². The van der Waals surface area contributed by atoms with Gasteiger partial charge in [0.15, 0.2) is 0 Å². The quantitative estimate of drug-likeness (QED) is 0.487. The van der Waals surface area contributed by atoms with E-state index in [2.05, 4.69) is 11.7 Å². The zero-order valence-electron chi connectivity index (χ0n) is 8.71. The zero-order valence-corrected chi connectivity index (χ0v) is 8.71. The van der Waals surface area contributed by atoms with Crippen LogP contribution >= 0.6 is 0 Å². The van der Waals surface area contributed by atoms with Crippen LogP contribution in [0.4, 0.5) is 0 Å². The summed E-state index contributed by atoms with van der Waals surface area (Å²) < 4.78 is 4.68. The summed E-state index contributed by atoms with van der Waals surface area (Å²) in [4.78, 5) is 11.1. The first-order chi connectivity index (χ1) is 6.22. The Hall–Kier alpha value is -0.530. The van der Waals surface area contributed by atoms with Crippen molar-refractivity contribution in [1.29, 1.82) is 0 Å². The van der Waals surface area contributed by atoms with Crippen molar-refractivity contribution in [3.8, 4) is 0 Å². The van der Waals surface area contributed by atoms with Gasteiger partial charge in [0.25, 0.3) is 0 Å². The topological polar surface area (TPSA) is 26.3 Å². The molecule has 76 valence electrons. The Morgan fingerprint density at radius 2 is 2.08 bits per heavy atom. The second-order valence-corrected chi connectivity index (χ2v) is 4.26. The van der Waals surface area contributed by atoms with Gasteiger partial charge in [0.1, 0.15) is 0 Å². The van der Waals surface area contributed by atoms with E-state index in [1.165, 1.54) is 39.2 Å². The van der Waals surface area contributed by atoms with E-state index in [1.807, 2.05) is 0 Å². The smallest absolute Gasteiger partial charge is 0.305 e.